The van der Waals surface area contributed by atoms with Gasteiger partial charge < -0.3 is 11.5 Å². The molecule has 1 unspecified atom stereocenters. The van der Waals surface area contributed by atoms with Crippen molar-refractivity contribution in [1.82, 2.24) is 0 Å². The molecule has 1 aromatic carbocycles. The molecule has 0 amide bonds. The quantitative estimate of drug-likeness (QED) is 0.780. The van der Waals surface area contributed by atoms with E-state index in [2.05, 4.69) is 15.9 Å². The number of alkyl halides is 1. The standard InChI is InChI=1S/C11H15BrN2O/c12-7-10(15)11(14,8-13)6-9-4-2-1-3-5-9/h1-5H,6-8,13-14H2. The smallest absolute Gasteiger partial charge is 0.164 e. The molecular weight excluding hydrogens is 256 g/mol. The highest BCUT2D eigenvalue weighted by atomic mass is 79.9. The van der Waals surface area contributed by atoms with Gasteiger partial charge in [-0.25, -0.2) is 0 Å². The number of rotatable bonds is 5. The lowest BCUT2D eigenvalue weighted by atomic mass is 9.88. The number of ketones is 1. The third-order valence-corrected chi connectivity index (χ3v) is 2.91. The normalized spacial score (nSPS) is 14.6. The summed E-state index contributed by atoms with van der Waals surface area (Å²) in [7, 11) is 0. The van der Waals surface area contributed by atoms with Gasteiger partial charge in [-0.05, 0) is 12.0 Å². The van der Waals surface area contributed by atoms with Gasteiger partial charge in [0.15, 0.2) is 5.78 Å². The van der Waals surface area contributed by atoms with Gasteiger partial charge in [-0.2, -0.15) is 0 Å². The molecule has 0 aliphatic carbocycles. The van der Waals surface area contributed by atoms with E-state index in [9.17, 15) is 4.79 Å². The Morgan fingerprint density at radius 2 is 1.93 bits per heavy atom. The Balaban J connectivity index is 2.81. The fourth-order valence-electron chi connectivity index (χ4n) is 1.38. The number of benzene rings is 1. The van der Waals surface area contributed by atoms with Crippen LogP contribution >= 0.6 is 15.9 Å². The highest BCUT2D eigenvalue weighted by molar-refractivity contribution is 9.09. The second-order valence-corrected chi connectivity index (χ2v) is 4.14. The molecule has 0 heterocycles. The molecule has 4 N–H and O–H groups in total. The summed E-state index contributed by atoms with van der Waals surface area (Å²) in [5.74, 6) is -0.0612. The van der Waals surface area contributed by atoms with Crippen molar-refractivity contribution >= 4 is 21.7 Å². The predicted molar refractivity (Wildman–Crippen MR) is 64.9 cm³/mol. The van der Waals surface area contributed by atoms with Crippen molar-refractivity contribution in [2.45, 2.75) is 12.0 Å². The molecule has 1 rings (SSSR count). The topological polar surface area (TPSA) is 69.1 Å². The van der Waals surface area contributed by atoms with Crippen molar-refractivity contribution in [2.24, 2.45) is 11.5 Å². The largest absolute Gasteiger partial charge is 0.328 e. The molecule has 82 valence electrons. The van der Waals surface area contributed by atoms with Crippen LogP contribution in [0.2, 0.25) is 0 Å². The Labute approximate surface area is 98.0 Å². The number of carbonyl (C=O) groups excluding carboxylic acids is 1. The third kappa shape index (κ3) is 3.12. The SMILES string of the molecule is NCC(N)(Cc1ccccc1)C(=O)CBr. The van der Waals surface area contributed by atoms with E-state index in [1.54, 1.807) is 0 Å². The molecule has 15 heavy (non-hydrogen) atoms. The first-order valence-corrected chi connectivity index (χ1v) is 5.86. The van der Waals surface area contributed by atoms with Crippen molar-refractivity contribution < 1.29 is 4.79 Å². The Kier molecular flexibility index (Phi) is 4.45. The highest BCUT2D eigenvalue weighted by Crippen LogP contribution is 2.12. The Morgan fingerprint density at radius 3 is 2.40 bits per heavy atom. The van der Waals surface area contributed by atoms with Crippen molar-refractivity contribution in [3.63, 3.8) is 0 Å². The molecular formula is C11H15BrN2O. The maximum absolute atomic E-state index is 11.6. The lowest BCUT2D eigenvalue weighted by molar-refractivity contribution is -0.121. The summed E-state index contributed by atoms with van der Waals surface area (Å²) in [6.45, 7) is 0.159. The fraction of sp³-hybridized carbons (Fsp3) is 0.364. The van der Waals surface area contributed by atoms with Gasteiger partial charge in [-0.15, -0.1) is 0 Å². The van der Waals surface area contributed by atoms with Crippen LogP contribution < -0.4 is 11.5 Å². The third-order valence-electron chi connectivity index (χ3n) is 2.40. The minimum Gasteiger partial charge on any atom is -0.328 e. The van der Waals surface area contributed by atoms with Crippen LogP contribution in [-0.2, 0) is 11.2 Å². The first kappa shape index (κ1) is 12.4. The lowest BCUT2D eigenvalue weighted by Crippen LogP contribution is -2.56. The number of Topliss-reactive ketones (excluding diaryl/α,β-unsaturated/α-hetero) is 1. The van der Waals surface area contributed by atoms with Crippen LogP contribution in [0.4, 0.5) is 0 Å². The average Bonchev–Trinajstić information content (AvgIpc) is 2.29. The number of hydrogen-bond acceptors (Lipinski definition) is 3. The van der Waals surface area contributed by atoms with E-state index in [1.807, 2.05) is 30.3 Å². The van der Waals surface area contributed by atoms with Gasteiger partial charge >= 0.3 is 0 Å². The number of carbonyl (C=O) groups is 1. The fourth-order valence-corrected chi connectivity index (χ4v) is 1.94. The summed E-state index contributed by atoms with van der Waals surface area (Å²) in [5, 5.41) is 0.244. The second-order valence-electron chi connectivity index (χ2n) is 3.58. The van der Waals surface area contributed by atoms with Crippen molar-refractivity contribution in [2.75, 3.05) is 11.9 Å². The molecule has 3 nitrogen and oxygen atoms in total. The van der Waals surface area contributed by atoms with Gasteiger partial charge in [0.25, 0.3) is 0 Å². The number of hydrogen-bond donors (Lipinski definition) is 2. The molecule has 0 aliphatic rings. The minimum atomic E-state index is -0.954. The summed E-state index contributed by atoms with van der Waals surface area (Å²) < 4.78 is 0. The van der Waals surface area contributed by atoms with Gasteiger partial charge in [-0.1, -0.05) is 46.3 Å². The summed E-state index contributed by atoms with van der Waals surface area (Å²) in [6.07, 6.45) is 0.481. The van der Waals surface area contributed by atoms with Crippen LogP contribution in [0.3, 0.4) is 0 Å². The van der Waals surface area contributed by atoms with E-state index >= 15 is 0 Å². The summed E-state index contributed by atoms with van der Waals surface area (Å²) in [5.41, 5.74) is 11.6. The molecule has 4 heteroatoms. The van der Waals surface area contributed by atoms with E-state index in [4.69, 9.17) is 11.5 Å². The molecule has 0 saturated heterocycles. The summed E-state index contributed by atoms with van der Waals surface area (Å²) in [4.78, 5) is 11.6. The lowest BCUT2D eigenvalue weighted by Gasteiger charge is -2.25. The van der Waals surface area contributed by atoms with Gasteiger partial charge in [0, 0.05) is 6.54 Å². The summed E-state index contributed by atoms with van der Waals surface area (Å²) >= 11 is 3.12. The van der Waals surface area contributed by atoms with Gasteiger partial charge in [0.05, 0.1) is 10.9 Å². The van der Waals surface area contributed by atoms with Crippen LogP contribution in [0.1, 0.15) is 5.56 Å². The molecule has 0 aromatic heterocycles. The van der Waals surface area contributed by atoms with Crippen molar-refractivity contribution in [3.05, 3.63) is 35.9 Å². The molecule has 0 bridgehead atoms. The average molecular weight is 271 g/mol. The summed E-state index contributed by atoms with van der Waals surface area (Å²) in [6, 6.07) is 9.66. The molecule has 0 saturated carbocycles. The zero-order chi connectivity index (χ0) is 11.3. The molecule has 0 aliphatic heterocycles. The Morgan fingerprint density at radius 1 is 1.33 bits per heavy atom. The van der Waals surface area contributed by atoms with E-state index in [0.29, 0.717) is 6.42 Å². The number of halogens is 1. The van der Waals surface area contributed by atoms with E-state index in [-0.39, 0.29) is 17.7 Å². The molecule has 1 atom stereocenters. The minimum absolute atomic E-state index is 0.0612. The van der Waals surface area contributed by atoms with Crippen LogP contribution in [0.5, 0.6) is 0 Å². The molecule has 0 spiro atoms. The van der Waals surface area contributed by atoms with Crippen molar-refractivity contribution in [3.8, 4) is 0 Å². The second kappa shape index (κ2) is 5.39. The first-order valence-electron chi connectivity index (χ1n) is 4.74. The highest BCUT2D eigenvalue weighted by Gasteiger charge is 2.31. The monoisotopic (exact) mass is 270 g/mol. The van der Waals surface area contributed by atoms with Crippen LogP contribution in [-0.4, -0.2) is 23.2 Å². The van der Waals surface area contributed by atoms with E-state index in [1.165, 1.54) is 0 Å². The zero-order valence-electron chi connectivity index (χ0n) is 8.45. The van der Waals surface area contributed by atoms with Crippen LogP contribution in [0, 0.1) is 0 Å². The number of nitrogens with two attached hydrogens (primary N) is 2. The Hall–Kier alpha value is -0.710. The van der Waals surface area contributed by atoms with Gasteiger partial charge in [0.2, 0.25) is 0 Å². The van der Waals surface area contributed by atoms with Gasteiger partial charge in [-0.3, -0.25) is 4.79 Å². The van der Waals surface area contributed by atoms with Crippen LogP contribution in [0.25, 0.3) is 0 Å². The predicted octanol–water partition coefficient (Wildman–Crippen LogP) is 0.849. The van der Waals surface area contributed by atoms with Gasteiger partial charge in [0.1, 0.15) is 0 Å². The molecule has 0 radical (unpaired) electrons. The van der Waals surface area contributed by atoms with E-state index in [0.717, 1.165) is 5.56 Å². The molecule has 1 aromatic rings. The zero-order valence-corrected chi connectivity index (χ0v) is 10.0. The van der Waals surface area contributed by atoms with Crippen LogP contribution in [0.15, 0.2) is 30.3 Å². The molecule has 0 fully saturated rings. The van der Waals surface area contributed by atoms with Crippen molar-refractivity contribution in [1.29, 1.82) is 0 Å². The van der Waals surface area contributed by atoms with E-state index < -0.39 is 5.54 Å². The maximum Gasteiger partial charge on any atom is 0.164 e. The Bertz CT molecular complexity index is 329. The maximum atomic E-state index is 11.6. The first-order chi connectivity index (χ1) is 7.12.